The van der Waals surface area contributed by atoms with Crippen LogP contribution in [0.15, 0.2) is 0 Å². The van der Waals surface area contributed by atoms with E-state index in [9.17, 15) is 0 Å². The van der Waals surface area contributed by atoms with Crippen molar-refractivity contribution in [2.45, 2.75) is 32.6 Å². The second kappa shape index (κ2) is 8.06. The molecular weight excluding hydrogens is 210 g/mol. The zero-order valence-corrected chi connectivity index (χ0v) is 12.0. The highest BCUT2D eigenvalue weighted by Crippen LogP contribution is 2.17. The van der Waals surface area contributed by atoms with Crippen molar-refractivity contribution in [2.24, 2.45) is 17.6 Å². The van der Waals surface area contributed by atoms with E-state index in [0.29, 0.717) is 5.92 Å². The molecule has 0 aromatic rings. The Balaban J connectivity index is 2.21. The summed E-state index contributed by atoms with van der Waals surface area (Å²) in [6.45, 7) is 8.07. The maximum Gasteiger partial charge on any atom is 0.00188 e. The molecule has 0 amide bonds. The van der Waals surface area contributed by atoms with Gasteiger partial charge in [0.25, 0.3) is 0 Å². The molecule has 0 aliphatic carbocycles. The SMILES string of the molecule is CCCC(CN)CN(C)CC1CCN(C)CC1. The number of nitrogens with two attached hydrogens (primary N) is 1. The predicted molar refractivity (Wildman–Crippen MR) is 75.2 cm³/mol. The van der Waals surface area contributed by atoms with Crippen LogP contribution in [-0.4, -0.2) is 56.6 Å². The van der Waals surface area contributed by atoms with Crippen molar-refractivity contribution in [1.82, 2.24) is 9.80 Å². The topological polar surface area (TPSA) is 32.5 Å². The summed E-state index contributed by atoms with van der Waals surface area (Å²) in [6, 6.07) is 0. The Morgan fingerprint density at radius 2 is 2.00 bits per heavy atom. The third-order valence-electron chi connectivity index (χ3n) is 4.01. The summed E-state index contributed by atoms with van der Waals surface area (Å²) in [7, 11) is 4.49. The molecule has 0 radical (unpaired) electrons. The van der Waals surface area contributed by atoms with Crippen LogP contribution in [0.25, 0.3) is 0 Å². The highest BCUT2D eigenvalue weighted by atomic mass is 15.1. The first-order chi connectivity index (χ1) is 8.15. The minimum atomic E-state index is 0.691. The fraction of sp³-hybridized carbons (Fsp3) is 1.00. The van der Waals surface area contributed by atoms with E-state index in [2.05, 4.69) is 30.8 Å². The van der Waals surface area contributed by atoms with E-state index >= 15 is 0 Å². The molecule has 1 rings (SSSR count). The summed E-state index contributed by atoms with van der Waals surface area (Å²) in [6.07, 6.45) is 5.25. The van der Waals surface area contributed by atoms with Gasteiger partial charge in [-0.3, -0.25) is 0 Å². The zero-order chi connectivity index (χ0) is 12.7. The molecule has 1 saturated heterocycles. The molecule has 3 nitrogen and oxygen atoms in total. The van der Waals surface area contributed by atoms with Gasteiger partial charge < -0.3 is 15.5 Å². The first-order valence-corrected chi connectivity index (χ1v) is 7.22. The van der Waals surface area contributed by atoms with Crippen LogP contribution in [0, 0.1) is 11.8 Å². The Morgan fingerprint density at radius 3 is 2.53 bits per heavy atom. The summed E-state index contributed by atoms with van der Waals surface area (Å²) in [4.78, 5) is 4.94. The van der Waals surface area contributed by atoms with E-state index < -0.39 is 0 Å². The molecule has 1 fully saturated rings. The zero-order valence-electron chi connectivity index (χ0n) is 12.0. The van der Waals surface area contributed by atoms with Crippen molar-refractivity contribution in [1.29, 1.82) is 0 Å². The Kier molecular flexibility index (Phi) is 7.09. The van der Waals surface area contributed by atoms with Crippen molar-refractivity contribution in [3.8, 4) is 0 Å². The molecule has 1 heterocycles. The molecule has 2 N–H and O–H groups in total. The summed E-state index contributed by atoms with van der Waals surface area (Å²) >= 11 is 0. The Hall–Kier alpha value is -0.120. The van der Waals surface area contributed by atoms with Gasteiger partial charge in [-0.1, -0.05) is 13.3 Å². The molecule has 17 heavy (non-hydrogen) atoms. The predicted octanol–water partition coefficient (Wildman–Crippen LogP) is 1.64. The molecule has 0 aromatic heterocycles. The van der Waals surface area contributed by atoms with Gasteiger partial charge in [0.15, 0.2) is 0 Å². The second-order valence-corrected chi connectivity index (χ2v) is 5.86. The number of hydrogen-bond donors (Lipinski definition) is 1. The van der Waals surface area contributed by atoms with Gasteiger partial charge in [-0.2, -0.15) is 0 Å². The van der Waals surface area contributed by atoms with Gasteiger partial charge in [0, 0.05) is 13.1 Å². The molecule has 0 spiro atoms. The normalized spacial score (nSPS) is 21.0. The summed E-state index contributed by atoms with van der Waals surface area (Å²) < 4.78 is 0. The lowest BCUT2D eigenvalue weighted by molar-refractivity contribution is 0.164. The monoisotopic (exact) mass is 241 g/mol. The molecule has 0 saturated carbocycles. The van der Waals surface area contributed by atoms with Crippen LogP contribution in [0.2, 0.25) is 0 Å². The highest BCUT2D eigenvalue weighted by molar-refractivity contribution is 4.74. The standard InChI is InChI=1S/C14H31N3/c1-4-5-14(10-15)12-17(3)11-13-6-8-16(2)9-7-13/h13-14H,4-12,15H2,1-3H3. The Labute approximate surface area is 107 Å². The average Bonchev–Trinajstić information content (AvgIpc) is 2.31. The summed E-state index contributed by atoms with van der Waals surface area (Å²) in [5.41, 5.74) is 5.83. The van der Waals surface area contributed by atoms with Crippen molar-refractivity contribution in [3.05, 3.63) is 0 Å². The largest absolute Gasteiger partial charge is 0.330 e. The first-order valence-electron chi connectivity index (χ1n) is 7.22. The van der Waals surface area contributed by atoms with Gasteiger partial charge in [0.2, 0.25) is 0 Å². The van der Waals surface area contributed by atoms with E-state index in [1.807, 2.05) is 0 Å². The fourth-order valence-electron chi connectivity index (χ4n) is 2.89. The first kappa shape index (κ1) is 14.9. The molecule has 3 heteroatoms. The number of hydrogen-bond acceptors (Lipinski definition) is 3. The molecule has 1 atom stereocenters. The van der Waals surface area contributed by atoms with Crippen molar-refractivity contribution < 1.29 is 0 Å². The lowest BCUT2D eigenvalue weighted by Crippen LogP contribution is -2.38. The minimum absolute atomic E-state index is 0.691. The molecule has 1 aliphatic heterocycles. The van der Waals surface area contributed by atoms with Crippen LogP contribution in [-0.2, 0) is 0 Å². The molecule has 0 bridgehead atoms. The van der Waals surface area contributed by atoms with Crippen LogP contribution in [0.3, 0.4) is 0 Å². The van der Waals surface area contributed by atoms with Crippen LogP contribution < -0.4 is 5.73 Å². The maximum absolute atomic E-state index is 5.83. The van der Waals surface area contributed by atoms with Gasteiger partial charge in [-0.05, 0) is 64.8 Å². The maximum atomic E-state index is 5.83. The van der Waals surface area contributed by atoms with Crippen LogP contribution in [0.1, 0.15) is 32.6 Å². The molecule has 1 unspecified atom stereocenters. The van der Waals surface area contributed by atoms with Gasteiger partial charge in [-0.25, -0.2) is 0 Å². The quantitative estimate of drug-likeness (QED) is 0.735. The number of rotatable bonds is 7. The van der Waals surface area contributed by atoms with E-state index in [1.165, 1.54) is 51.9 Å². The van der Waals surface area contributed by atoms with Crippen LogP contribution in [0.5, 0.6) is 0 Å². The number of likely N-dealkylation sites (tertiary alicyclic amines) is 1. The van der Waals surface area contributed by atoms with Gasteiger partial charge in [0.1, 0.15) is 0 Å². The summed E-state index contributed by atoms with van der Waals surface area (Å²) in [5.74, 6) is 1.59. The van der Waals surface area contributed by atoms with E-state index in [0.717, 1.165) is 12.5 Å². The van der Waals surface area contributed by atoms with Gasteiger partial charge in [-0.15, -0.1) is 0 Å². The average molecular weight is 241 g/mol. The third kappa shape index (κ3) is 5.84. The van der Waals surface area contributed by atoms with E-state index in [-0.39, 0.29) is 0 Å². The molecular formula is C14H31N3. The molecule has 1 aliphatic rings. The summed E-state index contributed by atoms with van der Waals surface area (Å²) in [5, 5.41) is 0. The Bertz CT molecular complexity index is 188. The third-order valence-corrected chi connectivity index (χ3v) is 4.01. The van der Waals surface area contributed by atoms with Crippen LogP contribution >= 0.6 is 0 Å². The fourth-order valence-corrected chi connectivity index (χ4v) is 2.89. The molecule has 102 valence electrons. The van der Waals surface area contributed by atoms with Crippen molar-refractivity contribution >= 4 is 0 Å². The van der Waals surface area contributed by atoms with E-state index in [1.54, 1.807) is 0 Å². The minimum Gasteiger partial charge on any atom is -0.330 e. The van der Waals surface area contributed by atoms with Crippen molar-refractivity contribution in [2.75, 3.05) is 46.8 Å². The lowest BCUT2D eigenvalue weighted by atomic mass is 9.96. The second-order valence-electron chi connectivity index (χ2n) is 5.86. The number of nitrogens with zero attached hydrogens (tertiary/aromatic N) is 2. The number of piperidine rings is 1. The highest BCUT2D eigenvalue weighted by Gasteiger charge is 2.19. The van der Waals surface area contributed by atoms with Crippen LogP contribution in [0.4, 0.5) is 0 Å². The lowest BCUT2D eigenvalue weighted by Gasteiger charge is -2.32. The van der Waals surface area contributed by atoms with Gasteiger partial charge >= 0.3 is 0 Å². The smallest absolute Gasteiger partial charge is 0.00188 e. The van der Waals surface area contributed by atoms with E-state index in [4.69, 9.17) is 5.73 Å². The Morgan fingerprint density at radius 1 is 1.35 bits per heavy atom. The van der Waals surface area contributed by atoms with Gasteiger partial charge in [0.05, 0.1) is 0 Å². The molecule has 0 aromatic carbocycles. The van der Waals surface area contributed by atoms with Crippen molar-refractivity contribution in [3.63, 3.8) is 0 Å².